The fraction of sp³-hybridized carbons (Fsp3) is 0.240. The average molecular weight is 453 g/mol. The van der Waals surface area contributed by atoms with Gasteiger partial charge in [0.2, 0.25) is 5.91 Å². The highest BCUT2D eigenvalue weighted by Crippen LogP contribution is 2.27. The van der Waals surface area contributed by atoms with Crippen LogP contribution in [0.1, 0.15) is 23.6 Å². The van der Waals surface area contributed by atoms with Gasteiger partial charge in [-0.2, -0.15) is 0 Å². The van der Waals surface area contributed by atoms with Crippen LogP contribution in [0.15, 0.2) is 71.6 Å². The summed E-state index contributed by atoms with van der Waals surface area (Å²) in [5, 5.41) is 2.89. The zero-order valence-corrected chi connectivity index (χ0v) is 19.6. The zero-order valence-electron chi connectivity index (χ0n) is 18.8. The number of nitrogens with one attached hydrogen (secondary N) is 1. The van der Waals surface area contributed by atoms with E-state index >= 15 is 0 Å². The van der Waals surface area contributed by atoms with Gasteiger partial charge >= 0.3 is 0 Å². The molecule has 3 aromatic carbocycles. The van der Waals surface area contributed by atoms with Gasteiger partial charge in [0, 0.05) is 5.69 Å². The first-order valence-electron chi connectivity index (χ1n) is 10.4. The molecular formula is C25H28N2O4S. The predicted octanol–water partition coefficient (Wildman–Crippen LogP) is 4.84. The van der Waals surface area contributed by atoms with Crippen molar-refractivity contribution in [1.29, 1.82) is 0 Å². The van der Waals surface area contributed by atoms with Crippen molar-refractivity contribution in [2.24, 2.45) is 0 Å². The number of hydrogen-bond acceptors (Lipinski definition) is 4. The maximum absolute atomic E-state index is 13.4. The molecule has 0 atom stereocenters. The normalized spacial score (nSPS) is 11.1. The first-order valence-corrected chi connectivity index (χ1v) is 11.8. The van der Waals surface area contributed by atoms with Crippen molar-refractivity contribution >= 4 is 27.3 Å². The predicted molar refractivity (Wildman–Crippen MR) is 128 cm³/mol. The SMILES string of the molecule is CCOc1ccc(N(CC(=O)Nc2c(C)cc(C)cc2C)S(=O)(=O)c2ccccc2)cc1. The third-order valence-corrected chi connectivity index (χ3v) is 6.78. The number of anilines is 2. The molecule has 6 nitrogen and oxygen atoms in total. The van der Waals surface area contributed by atoms with Gasteiger partial charge < -0.3 is 10.1 Å². The summed E-state index contributed by atoms with van der Waals surface area (Å²) >= 11 is 0. The number of carbonyl (C=O) groups is 1. The summed E-state index contributed by atoms with van der Waals surface area (Å²) in [6, 6.07) is 18.7. The van der Waals surface area contributed by atoms with Gasteiger partial charge in [0.05, 0.1) is 17.2 Å². The molecular weight excluding hydrogens is 424 g/mol. The lowest BCUT2D eigenvalue weighted by molar-refractivity contribution is -0.114. The molecule has 0 spiro atoms. The Balaban J connectivity index is 1.95. The molecule has 1 amide bonds. The monoisotopic (exact) mass is 452 g/mol. The molecule has 3 rings (SSSR count). The first-order chi connectivity index (χ1) is 15.2. The van der Waals surface area contributed by atoms with Crippen LogP contribution in [-0.2, 0) is 14.8 Å². The second-order valence-corrected chi connectivity index (χ2v) is 9.44. The van der Waals surface area contributed by atoms with Crippen LogP contribution in [0.25, 0.3) is 0 Å². The third-order valence-electron chi connectivity index (χ3n) is 5.00. The van der Waals surface area contributed by atoms with E-state index < -0.39 is 15.9 Å². The molecule has 32 heavy (non-hydrogen) atoms. The smallest absolute Gasteiger partial charge is 0.264 e. The van der Waals surface area contributed by atoms with Gasteiger partial charge in [0.25, 0.3) is 10.0 Å². The Morgan fingerprint density at radius 2 is 1.53 bits per heavy atom. The summed E-state index contributed by atoms with van der Waals surface area (Å²) in [6.07, 6.45) is 0. The Morgan fingerprint density at radius 3 is 2.09 bits per heavy atom. The summed E-state index contributed by atoms with van der Waals surface area (Å²) in [6.45, 7) is 7.84. The van der Waals surface area contributed by atoms with E-state index in [9.17, 15) is 13.2 Å². The molecule has 1 N–H and O–H groups in total. The number of rotatable bonds is 8. The highest BCUT2D eigenvalue weighted by Gasteiger charge is 2.27. The summed E-state index contributed by atoms with van der Waals surface area (Å²) < 4.78 is 33.4. The van der Waals surface area contributed by atoms with Crippen LogP contribution >= 0.6 is 0 Å². The lowest BCUT2D eigenvalue weighted by Gasteiger charge is -2.25. The summed E-state index contributed by atoms with van der Waals surface area (Å²) in [5.41, 5.74) is 4.03. The number of carbonyl (C=O) groups excluding carboxylic acids is 1. The van der Waals surface area contributed by atoms with Gasteiger partial charge in [0.15, 0.2) is 0 Å². The van der Waals surface area contributed by atoms with Gasteiger partial charge in [-0.05, 0) is 75.2 Å². The van der Waals surface area contributed by atoms with E-state index in [0.29, 0.717) is 23.7 Å². The van der Waals surface area contributed by atoms with Crippen LogP contribution in [0.4, 0.5) is 11.4 Å². The molecule has 0 heterocycles. The van der Waals surface area contributed by atoms with Crippen LogP contribution in [0.3, 0.4) is 0 Å². The second-order valence-electron chi connectivity index (χ2n) is 7.57. The summed E-state index contributed by atoms with van der Waals surface area (Å²) in [4.78, 5) is 13.1. The third kappa shape index (κ3) is 5.29. The molecule has 0 aliphatic heterocycles. The van der Waals surface area contributed by atoms with E-state index in [1.165, 1.54) is 12.1 Å². The van der Waals surface area contributed by atoms with Crippen LogP contribution in [0.5, 0.6) is 5.75 Å². The van der Waals surface area contributed by atoms with Crippen molar-refractivity contribution in [3.63, 3.8) is 0 Å². The van der Waals surface area contributed by atoms with E-state index in [2.05, 4.69) is 5.32 Å². The minimum absolute atomic E-state index is 0.115. The molecule has 0 aliphatic rings. The molecule has 0 bridgehead atoms. The van der Waals surface area contributed by atoms with Crippen molar-refractivity contribution in [2.75, 3.05) is 22.8 Å². The first kappa shape index (κ1) is 23.3. The van der Waals surface area contributed by atoms with Gasteiger partial charge in [-0.15, -0.1) is 0 Å². The maximum atomic E-state index is 13.4. The van der Waals surface area contributed by atoms with Crippen LogP contribution in [0.2, 0.25) is 0 Å². The molecule has 7 heteroatoms. The number of amides is 1. The van der Waals surface area contributed by atoms with Crippen molar-refractivity contribution in [1.82, 2.24) is 0 Å². The van der Waals surface area contributed by atoms with E-state index in [4.69, 9.17) is 4.74 Å². The highest BCUT2D eigenvalue weighted by atomic mass is 32.2. The fourth-order valence-corrected chi connectivity index (χ4v) is 5.04. The lowest BCUT2D eigenvalue weighted by atomic mass is 10.1. The van der Waals surface area contributed by atoms with E-state index in [-0.39, 0.29) is 11.4 Å². The number of ether oxygens (including phenoxy) is 1. The van der Waals surface area contributed by atoms with Crippen molar-refractivity contribution in [2.45, 2.75) is 32.6 Å². The zero-order chi connectivity index (χ0) is 23.3. The van der Waals surface area contributed by atoms with Crippen molar-refractivity contribution in [3.05, 3.63) is 83.4 Å². The Hall–Kier alpha value is -3.32. The van der Waals surface area contributed by atoms with E-state index in [1.54, 1.807) is 42.5 Å². The van der Waals surface area contributed by atoms with Crippen molar-refractivity contribution < 1.29 is 17.9 Å². The lowest BCUT2D eigenvalue weighted by Crippen LogP contribution is -2.38. The van der Waals surface area contributed by atoms with Crippen LogP contribution in [0, 0.1) is 20.8 Å². The standard InChI is InChI=1S/C25H28N2O4S/c1-5-31-22-13-11-21(12-14-22)27(32(29,30)23-9-7-6-8-10-23)17-24(28)26-25-19(3)15-18(2)16-20(25)4/h6-16H,5,17H2,1-4H3,(H,26,28). The maximum Gasteiger partial charge on any atom is 0.264 e. The van der Waals surface area contributed by atoms with Gasteiger partial charge in [0.1, 0.15) is 12.3 Å². The minimum Gasteiger partial charge on any atom is -0.494 e. The molecule has 0 saturated carbocycles. The number of nitrogens with zero attached hydrogens (tertiary/aromatic N) is 1. The average Bonchev–Trinajstić information content (AvgIpc) is 2.76. The van der Waals surface area contributed by atoms with Crippen LogP contribution in [-0.4, -0.2) is 27.5 Å². The number of benzene rings is 3. The summed E-state index contributed by atoms with van der Waals surface area (Å²) in [5.74, 6) is 0.206. The largest absolute Gasteiger partial charge is 0.494 e. The number of hydrogen-bond donors (Lipinski definition) is 1. The Bertz CT molecular complexity index is 1170. The topological polar surface area (TPSA) is 75.7 Å². The van der Waals surface area contributed by atoms with Crippen molar-refractivity contribution in [3.8, 4) is 5.75 Å². The minimum atomic E-state index is -3.96. The Morgan fingerprint density at radius 1 is 0.938 bits per heavy atom. The van der Waals surface area contributed by atoms with Gasteiger partial charge in [-0.25, -0.2) is 8.42 Å². The molecule has 0 unspecified atom stereocenters. The molecule has 0 aromatic heterocycles. The second kappa shape index (κ2) is 9.87. The molecule has 3 aromatic rings. The highest BCUT2D eigenvalue weighted by molar-refractivity contribution is 7.92. The number of aryl methyl sites for hydroxylation is 3. The van der Waals surface area contributed by atoms with Gasteiger partial charge in [-0.1, -0.05) is 35.9 Å². The molecule has 168 valence electrons. The number of sulfonamides is 1. The van der Waals surface area contributed by atoms with Crippen LogP contribution < -0.4 is 14.4 Å². The molecule has 0 fully saturated rings. The van der Waals surface area contributed by atoms with Gasteiger partial charge in [-0.3, -0.25) is 9.10 Å². The molecule has 0 saturated heterocycles. The Labute approximate surface area is 189 Å². The molecule has 0 radical (unpaired) electrons. The summed E-state index contributed by atoms with van der Waals surface area (Å²) in [7, 11) is -3.96. The fourth-order valence-electron chi connectivity index (χ4n) is 3.60. The van der Waals surface area contributed by atoms with E-state index in [0.717, 1.165) is 21.0 Å². The quantitative estimate of drug-likeness (QED) is 0.530. The van der Waals surface area contributed by atoms with E-state index in [1.807, 2.05) is 39.8 Å². The Kier molecular flexibility index (Phi) is 7.20. The molecule has 0 aliphatic carbocycles.